The lowest BCUT2D eigenvalue weighted by Crippen LogP contribution is -2.46. The highest BCUT2D eigenvalue weighted by Gasteiger charge is 2.34. The van der Waals surface area contributed by atoms with Gasteiger partial charge in [0.15, 0.2) is 5.96 Å². The van der Waals surface area contributed by atoms with Crippen LogP contribution < -0.4 is 11.5 Å². The Morgan fingerprint density at radius 3 is 2.45 bits per heavy atom. The Hall–Kier alpha value is -1.96. The molecule has 1 heterocycles. The maximum absolute atomic E-state index is 13.1. The van der Waals surface area contributed by atoms with Gasteiger partial charge in [0.1, 0.15) is 5.82 Å². The molecule has 0 amide bonds. The number of alkyl halides is 2. The van der Waals surface area contributed by atoms with E-state index in [1.54, 1.807) is 0 Å². The molecule has 1 saturated heterocycles. The smallest absolute Gasteiger partial charge is 0.251 e. The second kappa shape index (κ2) is 6.43. The van der Waals surface area contributed by atoms with Crippen LogP contribution in [0.25, 0.3) is 0 Å². The number of hydrogen-bond acceptors (Lipinski definition) is 1. The summed E-state index contributed by atoms with van der Waals surface area (Å²) in [5.74, 6) is -3.39. The van der Waals surface area contributed by atoms with Crippen LogP contribution in [0.5, 0.6) is 0 Å². The van der Waals surface area contributed by atoms with E-state index in [-0.39, 0.29) is 42.9 Å². The van der Waals surface area contributed by atoms with E-state index in [1.165, 1.54) is 17.0 Å². The maximum Gasteiger partial charge on any atom is 0.251 e. The van der Waals surface area contributed by atoms with E-state index in [1.807, 2.05) is 0 Å². The Bertz CT molecular complexity index is 608. The van der Waals surface area contributed by atoms with Gasteiger partial charge in [-0.15, -0.1) is 0 Å². The van der Waals surface area contributed by atoms with E-state index >= 15 is 0 Å². The van der Waals surface area contributed by atoms with Gasteiger partial charge in [-0.05, 0) is 18.2 Å². The number of hydrogen-bond donors (Lipinski definition) is 2. The van der Waals surface area contributed by atoms with E-state index < -0.39 is 11.7 Å². The lowest BCUT2D eigenvalue weighted by molar-refractivity contribution is -0.0435. The molecule has 1 aliphatic heterocycles. The SMILES string of the molecule is NC(=Nc1ccc(F)c(Cl)c1)N=C(N)N1CCC(F)(F)CC1. The van der Waals surface area contributed by atoms with E-state index in [4.69, 9.17) is 23.1 Å². The highest BCUT2D eigenvalue weighted by molar-refractivity contribution is 6.31. The molecule has 9 heteroatoms. The van der Waals surface area contributed by atoms with Crippen LogP contribution in [0.1, 0.15) is 12.8 Å². The highest BCUT2D eigenvalue weighted by atomic mass is 35.5. The molecular formula is C13H15ClF3N5. The number of aliphatic imine (C=N–C) groups is 2. The minimum atomic E-state index is -2.67. The Kier molecular flexibility index (Phi) is 4.80. The summed E-state index contributed by atoms with van der Waals surface area (Å²) in [5.41, 5.74) is 11.7. The molecule has 22 heavy (non-hydrogen) atoms. The molecule has 5 nitrogen and oxygen atoms in total. The monoisotopic (exact) mass is 333 g/mol. The van der Waals surface area contributed by atoms with E-state index in [2.05, 4.69) is 9.98 Å². The first-order valence-electron chi connectivity index (χ1n) is 6.53. The van der Waals surface area contributed by atoms with Crippen LogP contribution in [0.3, 0.4) is 0 Å². The summed E-state index contributed by atoms with van der Waals surface area (Å²) in [5, 5.41) is -0.0933. The molecule has 1 aliphatic rings. The van der Waals surface area contributed by atoms with Gasteiger partial charge < -0.3 is 16.4 Å². The molecule has 4 N–H and O–H groups in total. The van der Waals surface area contributed by atoms with Gasteiger partial charge in [0.25, 0.3) is 5.92 Å². The Morgan fingerprint density at radius 1 is 1.23 bits per heavy atom. The molecular weight excluding hydrogens is 319 g/mol. The van der Waals surface area contributed by atoms with E-state index in [0.29, 0.717) is 5.69 Å². The first kappa shape index (κ1) is 16.4. The number of nitrogens with zero attached hydrogens (tertiary/aromatic N) is 3. The number of nitrogens with two attached hydrogens (primary N) is 2. The zero-order chi connectivity index (χ0) is 16.3. The molecule has 0 aliphatic carbocycles. The van der Waals surface area contributed by atoms with Gasteiger partial charge in [-0.2, -0.15) is 4.99 Å². The Labute approximate surface area is 130 Å². The lowest BCUT2D eigenvalue weighted by Gasteiger charge is -2.32. The fourth-order valence-corrected chi connectivity index (χ4v) is 2.14. The lowest BCUT2D eigenvalue weighted by atomic mass is 10.1. The molecule has 0 aromatic heterocycles. The first-order valence-corrected chi connectivity index (χ1v) is 6.91. The van der Waals surface area contributed by atoms with Crippen molar-refractivity contribution in [3.8, 4) is 0 Å². The average Bonchev–Trinajstić information content (AvgIpc) is 2.42. The second-order valence-electron chi connectivity index (χ2n) is 4.88. The van der Waals surface area contributed by atoms with Crippen molar-refractivity contribution in [2.45, 2.75) is 18.8 Å². The predicted molar refractivity (Wildman–Crippen MR) is 80.1 cm³/mol. The number of halogens is 4. The van der Waals surface area contributed by atoms with Crippen LogP contribution in [0.4, 0.5) is 18.9 Å². The van der Waals surface area contributed by atoms with E-state index in [9.17, 15) is 13.2 Å². The van der Waals surface area contributed by atoms with Gasteiger partial charge in [-0.3, -0.25) is 0 Å². The number of rotatable bonds is 1. The number of likely N-dealkylation sites (tertiary alicyclic amines) is 1. The highest BCUT2D eigenvalue weighted by Crippen LogP contribution is 2.27. The molecule has 1 aromatic rings. The third-order valence-electron chi connectivity index (χ3n) is 3.19. The van der Waals surface area contributed by atoms with Crippen molar-refractivity contribution in [2.24, 2.45) is 21.5 Å². The molecule has 0 bridgehead atoms. The van der Waals surface area contributed by atoms with Crippen molar-refractivity contribution in [3.05, 3.63) is 29.0 Å². The predicted octanol–water partition coefficient (Wildman–Crippen LogP) is 2.47. The van der Waals surface area contributed by atoms with Crippen molar-refractivity contribution in [1.82, 2.24) is 4.90 Å². The van der Waals surface area contributed by atoms with Crippen molar-refractivity contribution in [3.63, 3.8) is 0 Å². The van der Waals surface area contributed by atoms with Crippen LogP contribution >= 0.6 is 11.6 Å². The summed E-state index contributed by atoms with van der Waals surface area (Å²) < 4.78 is 39.2. The Balaban J connectivity index is 2.07. The third kappa shape index (κ3) is 4.27. The van der Waals surface area contributed by atoms with Crippen molar-refractivity contribution < 1.29 is 13.2 Å². The van der Waals surface area contributed by atoms with Crippen LogP contribution in [0.15, 0.2) is 28.2 Å². The zero-order valence-corrected chi connectivity index (χ0v) is 12.3. The molecule has 0 spiro atoms. The topological polar surface area (TPSA) is 80.0 Å². The standard InChI is InChI=1S/C13H15ClF3N5/c14-9-7-8(1-2-10(9)15)20-11(18)21-12(19)22-5-3-13(16,17)4-6-22/h1-2,7H,3-6H2,(H4,18,19,20,21). The summed E-state index contributed by atoms with van der Waals surface area (Å²) in [7, 11) is 0. The fraction of sp³-hybridized carbons (Fsp3) is 0.385. The van der Waals surface area contributed by atoms with Crippen LogP contribution in [0.2, 0.25) is 5.02 Å². The van der Waals surface area contributed by atoms with Gasteiger partial charge in [0.2, 0.25) is 5.96 Å². The van der Waals surface area contributed by atoms with Crippen molar-refractivity contribution in [1.29, 1.82) is 0 Å². The Morgan fingerprint density at radius 2 is 1.86 bits per heavy atom. The minimum Gasteiger partial charge on any atom is -0.369 e. The summed E-state index contributed by atoms with van der Waals surface area (Å²) in [6.07, 6.45) is -0.568. The van der Waals surface area contributed by atoms with Gasteiger partial charge in [0.05, 0.1) is 10.7 Å². The van der Waals surface area contributed by atoms with Crippen LogP contribution in [0, 0.1) is 5.82 Å². The van der Waals surface area contributed by atoms with Crippen molar-refractivity contribution >= 4 is 29.2 Å². The van der Waals surface area contributed by atoms with Crippen molar-refractivity contribution in [2.75, 3.05) is 13.1 Å². The molecule has 120 valence electrons. The summed E-state index contributed by atoms with van der Waals surface area (Å²) in [6.45, 7) is 0.190. The molecule has 0 unspecified atom stereocenters. The molecule has 1 aromatic carbocycles. The van der Waals surface area contributed by atoms with Gasteiger partial charge in [-0.25, -0.2) is 18.2 Å². The number of piperidine rings is 1. The third-order valence-corrected chi connectivity index (χ3v) is 3.48. The van der Waals surface area contributed by atoms with E-state index in [0.717, 1.165) is 6.07 Å². The molecule has 2 rings (SSSR count). The summed E-state index contributed by atoms with van der Waals surface area (Å²) in [4.78, 5) is 9.30. The number of guanidine groups is 2. The molecule has 0 atom stereocenters. The first-order chi connectivity index (χ1) is 10.3. The second-order valence-corrected chi connectivity index (χ2v) is 5.29. The minimum absolute atomic E-state index is 0.0185. The normalized spacial score (nSPS) is 19.4. The fourth-order valence-electron chi connectivity index (χ4n) is 1.96. The van der Waals surface area contributed by atoms with Crippen LogP contribution in [-0.2, 0) is 0 Å². The quantitative estimate of drug-likeness (QED) is 0.612. The number of benzene rings is 1. The van der Waals surface area contributed by atoms with Gasteiger partial charge >= 0.3 is 0 Å². The summed E-state index contributed by atoms with van der Waals surface area (Å²) >= 11 is 5.63. The van der Waals surface area contributed by atoms with Gasteiger partial charge in [-0.1, -0.05) is 11.6 Å². The molecule has 0 radical (unpaired) electrons. The van der Waals surface area contributed by atoms with Crippen LogP contribution in [-0.4, -0.2) is 35.8 Å². The summed E-state index contributed by atoms with van der Waals surface area (Å²) in [6, 6.07) is 3.81. The largest absolute Gasteiger partial charge is 0.369 e. The zero-order valence-electron chi connectivity index (χ0n) is 11.6. The maximum atomic E-state index is 13.1. The average molecular weight is 334 g/mol. The molecule has 0 saturated carbocycles. The molecule has 1 fully saturated rings. The van der Waals surface area contributed by atoms with Gasteiger partial charge in [0, 0.05) is 25.9 Å².